The van der Waals surface area contributed by atoms with Crippen molar-refractivity contribution >= 4 is 23.2 Å². The minimum absolute atomic E-state index is 0.0721. The quantitative estimate of drug-likeness (QED) is 0.642. The fraction of sp³-hybridized carbons (Fsp3) is 0.571. The summed E-state index contributed by atoms with van der Waals surface area (Å²) in [4.78, 5) is 23.6. The van der Waals surface area contributed by atoms with Crippen LogP contribution in [0.2, 0.25) is 0 Å². The van der Waals surface area contributed by atoms with Crippen molar-refractivity contribution in [2.24, 2.45) is 0 Å². The van der Waals surface area contributed by atoms with Gasteiger partial charge in [-0.25, -0.2) is 0 Å². The summed E-state index contributed by atoms with van der Waals surface area (Å²) < 4.78 is 10.8. The molecule has 0 aliphatic carbocycles. The summed E-state index contributed by atoms with van der Waals surface area (Å²) in [6.45, 7) is 2.97. The van der Waals surface area contributed by atoms with Crippen LogP contribution in [0.15, 0.2) is 11.4 Å². The van der Waals surface area contributed by atoms with E-state index in [0.717, 1.165) is 11.3 Å². The number of amides is 1. The summed E-state index contributed by atoms with van der Waals surface area (Å²) in [6, 6.07) is 2.09. The van der Waals surface area contributed by atoms with Gasteiger partial charge in [-0.15, -0.1) is 11.3 Å². The number of hydrogen-bond donors (Lipinski definition) is 1. The molecule has 0 spiro atoms. The molecule has 6 heteroatoms. The van der Waals surface area contributed by atoms with E-state index < -0.39 is 0 Å². The van der Waals surface area contributed by atoms with Gasteiger partial charge in [0.05, 0.1) is 19.6 Å². The summed E-state index contributed by atoms with van der Waals surface area (Å²) in [7, 11) is 0. The van der Waals surface area contributed by atoms with Crippen molar-refractivity contribution in [3.63, 3.8) is 0 Å². The second-order valence-electron chi connectivity index (χ2n) is 4.68. The van der Waals surface area contributed by atoms with E-state index >= 15 is 0 Å². The normalized spacial score (nSPS) is 17.4. The molecule has 1 aliphatic heterocycles. The average Bonchev–Trinajstić information content (AvgIpc) is 2.87. The first-order valence-electron chi connectivity index (χ1n) is 6.74. The van der Waals surface area contributed by atoms with Gasteiger partial charge in [0.25, 0.3) is 0 Å². The standard InChI is InChI=1S/C14H19NO4S/c1-10(16)15-5-2-6-19-13(17)9-12-14-11(3-7-18-12)4-8-20-14/h4,8,12H,2-3,5-7,9H2,1H3,(H,15,16). The van der Waals surface area contributed by atoms with Crippen molar-refractivity contribution in [3.05, 3.63) is 21.9 Å². The number of ether oxygens (including phenoxy) is 2. The Labute approximate surface area is 122 Å². The van der Waals surface area contributed by atoms with E-state index in [1.54, 1.807) is 11.3 Å². The maximum absolute atomic E-state index is 11.8. The first kappa shape index (κ1) is 15.0. The van der Waals surface area contributed by atoms with Gasteiger partial charge in [-0.1, -0.05) is 0 Å². The lowest BCUT2D eigenvalue weighted by molar-refractivity contribution is -0.147. The second-order valence-corrected chi connectivity index (χ2v) is 5.63. The molecule has 1 unspecified atom stereocenters. The Hall–Kier alpha value is -1.40. The van der Waals surface area contributed by atoms with Gasteiger partial charge in [-0.05, 0) is 29.9 Å². The average molecular weight is 297 g/mol. The van der Waals surface area contributed by atoms with Crippen molar-refractivity contribution in [1.82, 2.24) is 5.32 Å². The molecule has 20 heavy (non-hydrogen) atoms. The number of fused-ring (bicyclic) bond motifs is 1. The lowest BCUT2D eigenvalue weighted by Crippen LogP contribution is -2.23. The highest BCUT2D eigenvalue weighted by Crippen LogP contribution is 2.33. The number of esters is 1. The Morgan fingerprint density at radius 2 is 2.40 bits per heavy atom. The van der Waals surface area contributed by atoms with E-state index in [-0.39, 0.29) is 24.4 Å². The Bertz CT molecular complexity index is 471. The molecule has 0 aromatic carbocycles. The van der Waals surface area contributed by atoms with Crippen LogP contribution in [0.25, 0.3) is 0 Å². The third-order valence-corrected chi connectivity index (χ3v) is 4.12. The van der Waals surface area contributed by atoms with Crippen LogP contribution in [0.1, 0.15) is 36.3 Å². The van der Waals surface area contributed by atoms with Gasteiger partial charge >= 0.3 is 5.97 Å². The molecule has 2 rings (SSSR count). The van der Waals surface area contributed by atoms with Gasteiger partial charge in [0.1, 0.15) is 6.10 Å². The van der Waals surface area contributed by atoms with Crippen molar-refractivity contribution < 1.29 is 19.1 Å². The molecule has 0 bridgehead atoms. The van der Waals surface area contributed by atoms with Crippen LogP contribution in [0.3, 0.4) is 0 Å². The SMILES string of the molecule is CC(=O)NCCCOC(=O)CC1OCCc2ccsc21. The van der Waals surface area contributed by atoms with E-state index in [1.807, 2.05) is 5.38 Å². The molecule has 1 aromatic heterocycles. The highest BCUT2D eigenvalue weighted by Gasteiger charge is 2.25. The molecule has 0 radical (unpaired) electrons. The summed E-state index contributed by atoms with van der Waals surface area (Å²) in [5.74, 6) is -0.323. The van der Waals surface area contributed by atoms with E-state index in [1.165, 1.54) is 12.5 Å². The van der Waals surface area contributed by atoms with Crippen molar-refractivity contribution in [1.29, 1.82) is 0 Å². The smallest absolute Gasteiger partial charge is 0.308 e. The number of carbonyl (C=O) groups is 2. The monoisotopic (exact) mass is 297 g/mol. The Morgan fingerprint density at radius 1 is 1.55 bits per heavy atom. The highest BCUT2D eigenvalue weighted by molar-refractivity contribution is 7.10. The fourth-order valence-corrected chi connectivity index (χ4v) is 3.11. The highest BCUT2D eigenvalue weighted by atomic mass is 32.1. The Kier molecular flexibility index (Phi) is 5.55. The molecule has 0 saturated carbocycles. The lowest BCUT2D eigenvalue weighted by Gasteiger charge is -2.22. The molecule has 1 N–H and O–H groups in total. The lowest BCUT2D eigenvalue weighted by atomic mass is 10.1. The largest absolute Gasteiger partial charge is 0.466 e. The van der Waals surface area contributed by atoms with Crippen LogP contribution >= 0.6 is 11.3 Å². The zero-order chi connectivity index (χ0) is 14.4. The number of carbonyl (C=O) groups excluding carboxylic acids is 2. The first-order chi connectivity index (χ1) is 9.66. The predicted octanol–water partition coefficient (Wildman–Crippen LogP) is 1.82. The topological polar surface area (TPSA) is 64.6 Å². The molecule has 2 heterocycles. The Morgan fingerprint density at radius 3 is 3.20 bits per heavy atom. The maximum atomic E-state index is 11.8. The van der Waals surface area contributed by atoms with Gasteiger partial charge in [-0.3, -0.25) is 9.59 Å². The minimum atomic E-state index is -0.251. The van der Waals surface area contributed by atoms with Gasteiger partial charge < -0.3 is 14.8 Å². The first-order valence-corrected chi connectivity index (χ1v) is 7.62. The summed E-state index contributed by atoms with van der Waals surface area (Å²) in [5, 5.41) is 4.69. The van der Waals surface area contributed by atoms with Crippen molar-refractivity contribution in [2.75, 3.05) is 19.8 Å². The van der Waals surface area contributed by atoms with Gasteiger partial charge in [-0.2, -0.15) is 0 Å². The minimum Gasteiger partial charge on any atom is -0.466 e. The van der Waals surface area contributed by atoms with E-state index in [0.29, 0.717) is 26.2 Å². The summed E-state index contributed by atoms with van der Waals surface area (Å²) in [5.41, 5.74) is 1.28. The summed E-state index contributed by atoms with van der Waals surface area (Å²) >= 11 is 1.63. The van der Waals surface area contributed by atoms with Gasteiger partial charge in [0, 0.05) is 18.3 Å². The van der Waals surface area contributed by atoms with E-state index in [9.17, 15) is 9.59 Å². The summed E-state index contributed by atoms with van der Waals surface area (Å²) in [6.07, 6.45) is 1.64. The van der Waals surface area contributed by atoms with Crippen LogP contribution in [0.4, 0.5) is 0 Å². The van der Waals surface area contributed by atoms with Crippen LogP contribution in [0.5, 0.6) is 0 Å². The maximum Gasteiger partial charge on any atom is 0.308 e. The van der Waals surface area contributed by atoms with Crippen LogP contribution in [-0.4, -0.2) is 31.6 Å². The number of rotatable bonds is 6. The number of hydrogen-bond acceptors (Lipinski definition) is 5. The number of thiophene rings is 1. The van der Waals surface area contributed by atoms with Crippen LogP contribution in [0, 0.1) is 0 Å². The van der Waals surface area contributed by atoms with Crippen molar-refractivity contribution in [2.45, 2.75) is 32.3 Å². The third-order valence-electron chi connectivity index (χ3n) is 3.07. The molecule has 1 amide bonds. The molecular formula is C14H19NO4S. The molecule has 1 atom stereocenters. The Balaban J connectivity index is 1.69. The molecular weight excluding hydrogens is 278 g/mol. The van der Waals surface area contributed by atoms with Gasteiger partial charge in [0.15, 0.2) is 0 Å². The van der Waals surface area contributed by atoms with E-state index in [2.05, 4.69) is 11.4 Å². The van der Waals surface area contributed by atoms with Crippen molar-refractivity contribution in [3.8, 4) is 0 Å². The molecule has 0 fully saturated rings. The van der Waals surface area contributed by atoms with Crippen LogP contribution in [-0.2, 0) is 25.5 Å². The molecule has 110 valence electrons. The molecule has 1 aliphatic rings. The molecule has 1 aromatic rings. The van der Waals surface area contributed by atoms with Crippen LogP contribution < -0.4 is 5.32 Å². The predicted molar refractivity (Wildman–Crippen MR) is 75.6 cm³/mol. The zero-order valence-electron chi connectivity index (χ0n) is 11.5. The number of nitrogens with one attached hydrogen (secondary N) is 1. The third kappa shape index (κ3) is 4.31. The second kappa shape index (κ2) is 7.40. The van der Waals surface area contributed by atoms with Gasteiger partial charge in [0.2, 0.25) is 5.91 Å². The zero-order valence-corrected chi connectivity index (χ0v) is 12.3. The molecule has 5 nitrogen and oxygen atoms in total. The molecule has 0 saturated heterocycles. The van der Waals surface area contributed by atoms with E-state index in [4.69, 9.17) is 9.47 Å². The fourth-order valence-electron chi connectivity index (χ4n) is 2.11.